The molecule has 1 aromatic rings. The molecule has 2 saturated heterocycles. The van der Waals surface area contributed by atoms with E-state index in [1.54, 1.807) is 7.11 Å². The lowest BCUT2D eigenvalue weighted by atomic mass is 9.88. The number of likely N-dealkylation sites (tertiary alicyclic amines) is 2. The van der Waals surface area contributed by atoms with Gasteiger partial charge >= 0.3 is 0 Å². The van der Waals surface area contributed by atoms with Crippen molar-refractivity contribution in [3.8, 4) is 0 Å². The zero-order valence-corrected chi connectivity index (χ0v) is 15.1. The molecule has 24 heavy (non-hydrogen) atoms. The number of hydrogen-bond donors (Lipinski definition) is 0. The zero-order chi connectivity index (χ0) is 17.2. The van der Waals surface area contributed by atoms with E-state index in [9.17, 15) is 4.79 Å². The van der Waals surface area contributed by atoms with Crippen molar-refractivity contribution in [2.75, 3.05) is 39.9 Å². The number of nitrogens with zero attached hydrogens (tertiary/aromatic N) is 3. The van der Waals surface area contributed by atoms with Crippen LogP contribution in [0.15, 0.2) is 4.52 Å². The van der Waals surface area contributed by atoms with E-state index in [2.05, 4.69) is 10.1 Å². The topological polar surface area (TPSA) is 58.8 Å². The lowest BCUT2D eigenvalue weighted by Crippen LogP contribution is -2.46. The molecule has 6 heteroatoms. The molecular weight excluding hydrogens is 306 g/mol. The van der Waals surface area contributed by atoms with Gasteiger partial charge in [0, 0.05) is 32.3 Å². The minimum atomic E-state index is 0.0738. The number of hydrogen-bond acceptors (Lipinski definition) is 5. The predicted molar refractivity (Wildman–Crippen MR) is 91.1 cm³/mol. The average Bonchev–Trinajstić information content (AvgIpc) is 3.02. The molecular formula is C18H29N3O3. The van der Waals surface area contributed by atoms with Gasteiger partial charge in [0.15, 0.2) is 0 Å². The first-order chi connectivity index (χ1) is 11.6. The van der Waals surface area contributed by atoms with Crippen molar-refractivity contribution in [3.05, 3.63) is 17.0 Å². The normalized spacial score (nSPS) is 25.4. The maximum atomic E-state index is 12.9. The van der Waals surface area contributed by atoms with Crippen LogP contribution in [-0.4, -0.2) is 66.3 Å². The molecule has 1 unspecified atom stereocenters. The summed E-state index contributed by atoms with van der Waals surface area (Å²) in [6, 6.07) is 0. The van der Waals surface area contributed by atoms with E-state index in [0.29, 0.717) is 17.0 Å². The zero-order valence-electron chi connectivity index (χ0n) is 15.1. The Morgan fingerprint density at radius 1 is 1.21 bits per heavy atom. The van der Waals surface area contributed by atoms with Gasteiger partial charge in [0.1, 0.15) is 11.3 Å². The van der Waals surface area contributed by atoms with E-state index < -0.39 is 0 Å². The molecule has 0 radical (unpaired) electrons. The Hall–Kier alpha value is -1.40. The Balaban J connectivity index is 1.70. The van der Waals surface area contributed by atoms with Gasteiger partial charge in [-0.1, -0.05) is 5.16 Å². The largest absolute Gasteiger partial charge is 0.383 e. The van der Waals surface area contributed by atoms with Gasteiger partial charge in [0.25, 0.3) is 5.91 Å². The highest BCUT2D eigenvalue weighted by molar-refractivity contribution is 5.96. The average molecular weight is 335 g/mol. The van der Waals surface area contributed by atoms with Gasteiger partial charge in [0.05, 0.1) is 12.3 Å². The van der Waals surface area contributed by atoms with Crippen molar-refractivity contribution in [3.63, 3.8) is 0 Å². The summed E-state index contributed by atoms with van der Waals surface area (Å²) in [6.45, 7) is 8.22. The second-order valence-corrected chi connectivity index (χ2v) is 7.15. The van der Waals surface area contributed by atoms with E-state index in [-0.39, 0.29) is 11.4 Å². The van der Waals surface area contributed by atoms with Crippen LogP contribution in [0.25, 0.3) is 0 Å². The molecule has 1 spiro atoms. The van der Waals surface area contributed by atoms with Crippen LogP contribution in [0.2, 0.25) is 0 Å². The molecule has 1 amide bonds. The maximum absolute atomic E-state index is 12.9. The van der Waals surface area contributed by atoms with Crippen LogP contribution < -0.4 is 0 Å². The molecule has 3 rings (SSSR count). The van der Waals surface area contributed by atoms with Crippen LogP contribution in [-0.2, 0) is 4.74 Å². The molecule has 0 aliphatic carbocycles. The smallest absolute Gasteiger partial charge is 0.259 e. The molecule has 134 valence electrons. The summed E-state index contributed by atoms with van der Waals surface area (Å²) in [4.78, 5) is 17.5. The Labute approximate surface area is 144 Å². The highest BCUT2D eigenvalue weighted by Crippen LogP contribution is 2.38. The molecule has 0 N–H and O–H groups in total. The number of aryl methyl sites for hydroxylation is 2. The minimum Gasteiger partial charge on any atom is -0.383 e. The fourth-order valence-electron chi connectivity index (χ4n) is 4.44. The van der Waals surface area contributed by atoms with Gasteiger partial charge in [-0.3, -0.25) is 9.69 Å². The Kier molecular flexibility index (Phi) is 5.25. The lowest BCUT2D eigenvalue weighted by Gasteiger charge is -2.38. The molecule has 0 aromatic carbocycles. The second-order valence-electron chi connectivity index (χ2n) is 7.15. The summed E-state index contributed by atoms with van der Waals surface area (Å²) in [5, 5.41) is 3.93. The number of carbonyl (C=O) groups excluding carboxylic acids is 1. The number of rotatable bonds is 4. The van der Waals surface area contributed by atoms with E-state index in [1.165, 1.54) is 19.3 Å². The molecule has 6 nitrogen and oxygen atoms in total. The summed E-state index contributed by atoms with van der Waals surface area (Å²) < 4.78 is 10.5. The molecule has 2 aliphatic heterocycles. The molecule has 3 heterocycles. The number of carbonyl (C=O) groups is 1. The van der Waals surface area contributed by atoms with Crippen LogP contribution in [0.3, 0.4) is 0 Å². The Morgan fingerprint density at radius 2 is 1.96 bits per heavy atom. The van der Waals surface area contributed by atoms with Gasteiger partial charge < -0.3 is 14.2 Å². The standard InChI is InChI=1S/C18H29N3O3/c1-14-16(15(2)24-19-14)17(22)20-9-4-6-18(8-11-20)7-5-10-21(18)12-13-23-3/h4-13H2,1-3H3. The van der Waals surface area contributed by atoms with E-state index in [1.807, 2.05) is 18.7 Å². The summed E-state index contributed by atoms with van der Waals surface area (Å²) in [5.41, 5.74) is 1.60. The van der Waals surface area contributed by atoms with Crippen LogP contribution in [0, 0.1) is 13.8 Å². The Morgan fingerprint density at radius 3 is 2.62 bits per heavy atom. The van der Waals surface area contributed by atoms with E-state index in [4.69, 9.17) is 9.26 Å². The summed E-state index contributed by atoms with van der Waals surface area (Å²) in [5.74, 6) is 0.698. The highest BCUT2D eigenvalue weighted by Gasteiger charge is 2.42. The third kappa shape index (κ3) is 3.22. The summed E-state index contributed by atoms with van der Waals surface area (Å²) >= 11 is 0. The summed E-state index contributed by atoms with van der Waals surface area (Å²) in [6.07, 6.45) is 5.76. The molecule has 1 atom stereocenters. The van der Waals surface area contributed by atoms with Crippen molar-refractivity contribution < 1.29 is 14.1 Å². The van der Waals surface area contributed by atoms with Crippen molar-refractivity contribution in [2.24, 2.45) is 0 Å². The van der Waals surface area contributed by atoms with Crippen LogP contribution in [0.5, 0.6) is 0 Å². The monoisotopic (exact) mass is 335 g/mol. The number of ether oxygens (including phenoxy) is 1. The van der Waals surface area contributed by atoms with Crippen molar-refractivity contribution in [2.45, 2.75) is 51.5 Å². The van der Waals surface area contributed by atoms with Gasteiger partial charge in [-0.2, -0.15) is 0 Å². The van der Waals surface area contributed by atoms with Gasteiger partial charge in [-0.05, 0) is 52.5 Å². The van der Waals surface area contributed by atoms with E-state index in [0.717, 1.165) is 45.6 Å². The molecule has 0 bridgehead atoms. The van der Waals surface area contributed by atoms with E-state index >= 15 is 0 Å². The number of methoxy groups -OCH3 is 1. The third-order valence-corrected chi connectivity index (χ3v) is 5.76. The fraction of sp³-hybridized carbons (Fsp3) is 0.778. The predicted octanol–water partition coefficient (Wildman–Crippen LogP) is 2.40. The first kappa shape index (κ1) is 17.4. The number of aromatic nitrogens is 1. The molecule has 1 aromatic heterocycles. The molecule has 2 fully saturated rings. The van der Waals surface area contributed by atoms with Crippen LogP contribution in [0.4, 0.5) is 0 Å². The highest BCUT2D eigenvalue weighted by atomic mass is 16.5. The first-order valence-electron chi connectivity index (χ1n) is 9.03. The maximum Gasteiger partial charge on any atom is 0.259 e. The van der Waals surface area contributed by atoms with Gasteiger partial charge in [-0.15, -0.1) is 0 Å². The van der Waals surface area contributed by atoms with Crippen LogP contribution >= 0.6 is 0 Å². The van der Waals surface area contributed by atoms with Crippen molar-refractivity contribution in [1.82, 2.24) is 15.0 Å². The van der Waals surface area contributed by atoms with Crippen molar-refractivity contribution in [1.29, 1.82) is 0 Å². The van der Waals surface area contributed by atoms with Crippen molar-refractivity contribution >= 4 is 5.91 Å². The second kappa shape index (κ2) is 7.23. The number of amides is 1. The van der Waals surface area contributed by atoms with Gasteiger partial charge in [-0.25, -0.2) is 0 Å². The Bertz CT molecular complexity index is 567. The quantitative estimate of drug-likeness (QED) is 0.845. The molecule has 2 aliphatic rings. The first-order valence-corrected chi connectivity index (χ1v) is 9.03. The lowest BCUT2D eigenvalue weighted by molar-refractivity contribution is 0.0695. The SMILES string of the molecule is COCCN1CCCC12CCCN(C(=O)c1c(C)noc1C)CC2. The van der Waals surface area contributed by atoms with Gasteiger partial charge in [0.2, 0.25) is 0 Å². The third-order valence-electron chi connectivity index (χ3n) is 5.76. The minimum absolute atomic E-state index is 0.0738. The summed E-state index contributed by atoms with van der Waals surface area (Å²) in [7, 11) is 1.76. The van der Waals surface area contributed by atoms with Crippen LogP contribution in [0.1, 0.15) is 53.9 Å². The fourth-order valence-corrected chi connectivity index (χ4v) is 4.44. The molecule has 0 saturated carbocycles.